The maximum absolute atomic E-state index is 11.6. The lowest BCUT2D eigenvalue weighted by atomic mass is 9.90. The minimum Gasteiger partial charge on any atom is -0.496 e. The van der Waals surface area contributed by atoms with Gasteiger partial charge in [0.1, 0.15) is 11.5 Å². The Balaban J connectivity index is 2.13. The van der Waals surface area contributed by atoms with Crippen molar-refractivity contribution in [3.8, 4) is 11.5 Å². The number of likely N-dealkylation sites (tertiary alicyclic amines) is 1. The van der Waals surface area contributed by atoms with Crippen molar-refractivity contribution in [1.29, 1.82) is 0 Å². The number of halogens is 1. The number of carboxylic acids is 1. The molecule has 0 amide bonds. The number of hydrogen-bond acceptors (Lipinski definition) is 4. The van der Waals surface area contributed by atoms with Crippen molar-refractivity contribution in [2.75, 3.05) is 27.3 Å². The van der Waals surface area contributed by atoms with Crippen LogP contribution in [-0.4, -0.2) is 43.3 Å². The summed E-state index contributed by atoms with van der Waals surface area (Å²) in [7, 11) is 3.29. The molecule has 0 aromatic heterocycles. The monoisotopic (exact) mass is 433 g/mol. The predicted molar refractivity (Wildman–Crippen MR) is 107 cm³/mol. The quantitative estimate of drug-likeness (QED) is 0.733. The van der Waals surface area contributed by atoms with E-state index in [0.717, 1.165) is 40.1 Å². The maximum Gasteiger partial charge on any atom is 0.307 e. The Labute approximate surface area is 168 Å². The van der Waals surface area contributed by atoms with Crippen molar-refractivity contribution in [1.82, 2.24) is 4.90 Å². The molecular weight excluding hydrogens is 410 g/mol. The van der Waals surface area contributed by atoms with Gasteiger partial charge in [0.25, 0.3) is 0 Å². The van der Waals surface area contributed by atoms with E-state index in [4.69, 9.17) is 9.47 Å². The Morgan fingerprint density at radius 3 is 2.44 bits per heavy atom. The first kappa shape index (κ1) is 19.7. The van der Waals surface area contributed by atoms with Gasteiger partial charge in [-0.15, -0.1) is 0 Å². The van der Waals surface area contributed by atoms with Crippen LogP contribution in [0.4, 0.5) is 0 Å². The van der Waals surface area contributed by atoms with Crippen LogP contribution in [0.1, 0.15) is 30.0 Å². The number of aliphatic carboxylic acids is 1. The van der Waals surface area contributed by atoms with Gasteiger partial charge in [-0.1, -0.05) is 34.1 Å². The van der Waals surface area contributed by atoms with Crippen LogP contribution >= 0.6 is 15.9 Å². The summed E-state index contributed by atoms with van der Waals surface area (Å²) in [5.74, 6) is 0.363. The first-order chi connectivity index (χ1) is 13.0. The second-order valence-corrected chi connectivity index (χ2v) is 7.62. The summed E-state index contributed by atoms with van der Waals surface area (Å²) in [6.45, 7) is 1.32. The number of carboxylic acid groups (broad SMARTS) is 1. The SMILES string of the molecule is COc1cccc(OC)c1C(c1cccc(Br)c1)N1CCCC(C(=O)O)C1. The van der Waals surface area contributed by atoms with Crippen LogP contribution in [0.25, 0.3) is 0 Å². The third-order valence-corrected chi connectivity index (χ3v) is 5.56. The highest BCUT2D eigenvalue weighted by molar-refractivity contribution is 9.10. The van der Waals surface area contributed by atoms with Gasteiger partial charge in [0.2, 0.25) is 0 Å². The fourth-order valence-electron chi connectivity index (χ4n) is 3.83. The molecule has 0 aliphatic carbocycles. The molecule has 27 heavy (non-hydrogen) atoms. The molecule has 1 aliphatic heterocycles. The summed E-state index contributed by atoms with van der Waals surface area (Å²) < 4.78 is 12.3. The minimum atomic E-state index is -0.736. The van der Waals surface area contributed by atoms with Gasteiger partial charge in [-0.25, -0.2) is 0 Å². The number of piperidine rings is 1. The highest BCUT2D eigenvalue weighted by Crippen LogP contribution is 2.42. The smallest absolute Gasteiger partial charge is 0.307 e. The molecule has 1 fully saturated rings. The molecule has 0 bridgehead atoms. The van der Waals surface area contributed by atoms with Gasteiger partial charge in [-0.05, 0) is 49.2 Å². The Morgan fingerprint density at radius 1 is 1.19 bits per heavy atom. The van der Waals surface area contributed by atoms with Gasteiger partial charge in [-0.2, -0.15) is 0 Å². The molecule has 0 spiro atoms. The molecule has 0 saturated carbocycles. The molecule has 2 unspecified atom stereocenters. The molecule has 1 saturated heterocycles. The van der Waals surface area contributed by atoms with E-state index >= 15 is 0 Å². The lowest BCUT2D eigenvalue weighted by Crippen LogP contribution is -2.41. The van der Waals surface area contributed by atoms with Gasteiger partial charge in [-0.3, -0.25) is 9.69 Å². The van der Waals surface area contributed by atoms with E-state index in [1.165, 1.54) is 0 Å². The second kappa shape index (κ2) is 8.76. The number of nitrogens with zero attached hydrogens (tertiary/aromatic N) is 1. The molecule has 6 heteroatoms. The van der Waals surface area contributed by atoms with E-state index in [0.29, 0.717) is 13.0 Å². The van der Waals surface area contributed by atoms with E-state index in [9.17, 15) is 9.90 Å². The molecular formula is C21H24BrNO4. The van der Waals surface area contributed by atoms with Crippen LogP contribution in [0.15, 0.2) is 46.9 Å². The van der Waals surface area contributed by atoms with E-state index in [-0.39, 0.29) is 12.0 Å². The lowest BCUT2D eigenvalue weighted by Gasteiger charge is -2.38. The molecule has 1 N–H and O–H groups in total. The summed E-state index contributed by atoms with van der Waals surface area (Å²) in [5.41, 5.74) is 1.99. The van der Waals surface area contributed by atoms with Gasteiger partial charge in [0.05, 0.1) is 31.7 Å². The summed E-state index contributed by atoms with van der Waals surface area (Å²) in [6.07, 6.45) is 1.55. The van der Waals surface area contributed by atoms with Gasteiger partial charge >= 0.3 is 5.97 Å². The van der Waals surface area contributed by atoms with Crippen LogP contribution in [0, 0.1) is 5.92 Å². The lowest BCUT2D eigenvalue weighted by molar-refractivity contribution is -0.143. The van der Waals surface area contributed by atoms with Crippen LogP contribution in [-0.2, 0) is 4.79 Å². The molecule has 1 heterocycles. The molecule has 1 aliphatic rings. The molecule has 2 aromatic carbocycles. The standard InChI is InChI=1S/C21H24BrNO4/c1-26-17-9-4-10-18(27-2)19(17)20(14-6-3-8-16(22)12-14)23-11-5-7-15(13-23)21(24)25/h3-4,6,8-10,12,15,20H,5,7,11,13H2,1-2H3,(H,24,25). The Hall–Kier alpha value is -2.05. The Morgan fingerprint density at radius 2 is 1.85 bits per heavy atom. The molecule has 2 aromatic rings. The van der Waals surface area contributed by atoms with Crippen molar-refractivity contribution in [2.24, 2.45) is 5.92 Å². The van der Waals surface area contributed by atoms with E-state index in [2.05, 4.69) is 33.0 Å². The topological polar surface area (TPSA) is 59.0 Å². The number of benzene rings is 2. The van der Waals surface area contributed by atoms with Crippen molar-refractivity contribution >= 4 is 21.9 Å². The first-order valence-electron chi connectivity index (χ1n) is 8.98. The average Bonchev–Trinajstić information content (AvgIpc) is 2.68. The fourth-order valence-corrected chi connectivity index (χ4v) is 4.25. The summed E-state index contributed by atoms with van der Waals surface area (Å²) in [6, 6.07) is 13.7. The zero-order valence-electron chi connectivity index (χ0n) is 15.5. The van der Waals surface area contributed by atoms with Crippen molar-refractivity contribution in [3.05, 3.63) is 58.1 Å². The predicted octanol–water partition coefficient (Wildman–Crippen LogP) is 4.35. The van der Waals surface area contributed by atoms with Gasteiger partial charge in [0.15, 0.2) is 0 Å². The number of rotatable bonds is 6. The average molecular weight is 434 g/mol. The van der Waals surface area contributed by atoms with E-state index < -0.39 is 5.97 Å². The van der Waals surface area contributed by atoms with Crippen LogP contribution in [0.3, 0.4) is 0 Å². The molecule has 0 radical (unpaired) electrons. The summed E-state index contributed by atoms with van der Waals surface area (Å²) in [5, 5.41) is 9.54. The minimum absolute atomic E-state index is 0.157. The van der Waals surface area contributed by atoms with E-state index in [1.807, 2.05) is 30.3 Å². The number of methoxy groups -OCH3 is 2. The van der Waals surface area contributed by atoms with Crippen molar-refractivity contribution < 1.29 is 19.4 Å². The third kappa shape index (κ3) is 4.28. The third-order valence-electron chi connectivity index (χ3n) is 5.07. The number of hydrogen-bond donors (Lipinski definition) is 1. The number of ether oxygens (including phenoxy) is 2. The Bertz CT molecular complexity index is 788. The normalized spacial score (nSPS) is 18.7. The second-order valence-electron chi connectivity index (χ2n) is 6.71. The van der Waals surface area contributed by atoms with Gasteiger partial charge < -0.3 is 14.6 Å². The zero-order chi connectivity index (χ0) is 19.4. The van der Waals surface area contributed by atoms with Gasteiger partial charge in [0, 0.05) is 11.0 Å². The maximum atomic E-state index is 11.6. The largest absolute Gasteiger partial charge is 0.496 e. The summed E-state index contributed by atoms with van der Waals surface area (Å²) >= 11 is 3.56. The van der Waals surface area contributed by atoms with Crippen molar-refractivity contribution in [3.63, 3.8) is 0 Å². The van der Waals surface area contributed by atoms with Crippen LogP contribution in [0.5, 0.6) is 11.5 Å². The first-order valence-corrected chi connectivity index (χ1v) is 9.77. The molecule has 3 rings (SSSR count). The van der Waals surface area contributed by atoms with Crippen LogP contribution in [0.2, 0.25) is 0 Å². The zero-order valence-corrected chi connectivity index (χ0v) is 17.1. The van der Waals surface area contributed by atoms with Crippen LogP contribution < -0.4 is 9.47 Å². The molecule has 5 nitrogen and oxygen atoms in total. The summed E-state index contributed by atoms with van der Waals surface area (Å²) in [4.78, 5) is 13.8. The number of carbonyl (C=O) groups is 1. The van der Waals surface area contributed by atoms with E-state index in [1.54, 1.807) is 14.2 Å². The highest BCUT2D eigenvalue weighted by Gasteiger charge is 2.34. The fraction of sp³-hybridized carbons (Fsp3) is 0.381. The highest BCUT2D eigenvalue weighted by atomic mass is 79.9. The van der Waals surface area contributed by atoms with Crippen molar-refractivity contribution in [2.45, 2.75) is 18.9 Å². The molecule has 2 atom stereocenters. The Kier molecular flexibility index (Phi) is 6.39. The molecule has 144 valence electrons.